The molecule has 7 nitrogen and oxygen atoms in total. The van der Waals surface area contributed by atoms with Crippen LogP contribution in [0.2, 0.25) is 5.02 Å². The van der Waals surface area contributed by atoms with E-state index in [2.05, 4.69) is 10.0 Å². The van der Waals surface area contributed by atoms with Crippen LogP contribution in [0.3, 0.4) is 0 Å². The molecule has 0 saturated heterocycles. The van der Waals surface area contributed by atoms with E-state index in [-0.39, 0.29) is 30.1 Å². The van der Waals surface area contributed by atoms with E-state index >= 15 is 0 Å². The minimum atomic E-state index is -4.08. The molecule has 0 aromatic heterocycles. The summed E-state index contributed by atoms with van der Waals surface area (Å²) in [6, 6.07) is 17.4. The zero-order valence-corrected chi connectivity index (χ0v) is 20.6. The first-order valence-electron chi connectivity index (χ1n) is 11.0. The first-order valence-corrected chi connectivity index (χ1v) is 12.8. The Morgan fingerprint density at radius 3 is 2.11 bits per heavy atom. The lowest BCUT2D eigenvalue weighted by Gasteiger charge is -2.15. The molecule has 1 amide bonds. The van der Waals surface area contributed by atoms with Crippen LogP contribution < -0.4 is 10.0 Å². The Bertz CT molecular complexity index is 1330. The summed E-state index contributed by atoms with van der Waals surface area (Å²) < 4.78 is 40.6. The number of nitrogens with one attached hydrogen (secondary N) is 2. The molecule has 0 heterocycles. The van der Waals surface area contributed by atoms with E-state index in [0.29, 0.717) is 10.6 Å². The second-order valence-electron chi connectivity index (χ2n) is 7.86. The van der Waals surface area contributed by atoms with Gasteiger partial charge in [-0.05, 0) is 72.0 Å². The van der Waals surface area contributed by atoms with Gasteiger partial charge in [0.05, 0.1) is 4.90 Å². The van der Waals surface area contributed by atoms with Gasteiger partial charge in [0.2, 0.25) is 15.9 Å². The van der Waals surface area contributed by atoms with Gasteiger partial charge in [-0.2, -0.15) is 4.72 Å². The lowest BCUT2D eigenvalue weighted by Crippen LogP contribution is -2.41. The van der Waals surface area contributed by atoms with Gasteiger partial charge >= 0.3 is 5.97 Å². The molecule has 0 saturated carbocycles. The summed E-state index contributed by atoms with van der Waals surface area (Å²) in [6.07, 6.45) is 2.99. The number of hydrogen-bond donors (Lipinski definition) is 3. The number of amides is 1. The quantitative estimate of drug-likeness (QED) is 0.250. The van der Waals surface area contributed by atoms with E-state index in [9.17, 15) is 27.5 Å². The van der Waals surface area contributed by atoms with Crippen LogP contribution in [-0.2, 0) is 19.6 Å². The molecule has 3 aromatic rings. The normalized spacial score (nSPS) is 12.4. The number of benzene rings is 3. The fourth-order valence-electron chi connectivity index (χ4n) is 3.28. The van der Waals surface area contributed by atoms with E-state index < -0.39 is 27.9 Å². The summed E-state index contributed by atoms with van der Waals surface area (Å²) in [5, 5.41) is 12.7. The molecule has 0 aliphatic rings. The zero-order chi connectivity index (χ0) is 26.1. The van der Waals surface area contributed by atoms with Crippen LogP contribution in [0, 0.1) is 5.82 Å². The van der Waals surface area contributed by atoms with Crippen molar-refractivity contribution in [3.8, 4) is 11.1 Å². The van der Waals surface area contributed by atoms with E-state index in [1.807, 2.05) is 12.1 Å². The van der Waals surface area contributed by atoms with Crippen molar-refractivity contribution in [2.24, 2.45) is 0 Å². The lowest BCUT2D eigenvalue weighted by atomic mass is 10.1. The fourth-order valence-corrected chi connectivity index (χ4v) is 4.63. The predicted octanol–water partition coefficient (Wildman–Crippen LogP) is 4.49. The van der Waals surface area contributed by atoms with Gasteiger partial charge in [-0.1, -0.05) is 48.0 Å². The third-order valence-corrected chi connectivity index (χ3v) is 6.94. The third-order valence-electron chi connectivity index (χ3n) is 5.20. The van der Waals surface area contributed by atoms with Gasteiger partial charge in [-0.15, -0.1) is 0 Å². The maximum Gasteiger partial charge on any atom is 0.321 e. The molecule has 0 fully saturated rings. The van der Waals surface area contributed by atoms with Crippen LogP contribution >= 0.6 is 11.6 Å². The largest absolute Gasteiger partial charge is 0.480 e. The number of sulfonamides is 1. The van der Waals surface area contributed by atoms with Crippen molar-refractivity contribution in [1.29, 1.82) is 0 Å². The average Bonchev–Trinajstić information content (AvgIpc) is 2.86. The Balaban J connectivity index is 1.52. The molecule has 36 heavy (non-hydrogen) atoms. The Morgan fingerprint density at radius 1 is 0.944 bits per heavy atom. The smallest absolute Gasteiger partial charge is 0.321 e. The Hall–Kier alpha value is -3.53. The summed E-state index contributed by atoms with van der Waals surface area (Å²) >= 11 is 5.89. The molecule has 10 heteroatoms. The predicted molar refractivity (Wildman–Crippen MR) is 136 cm³/mol. The van der Waals surface area contributed by atoms with E-state index in [1.165, 1.54) is 48.6 Å². The molecule has 3 aromatic carbocycles. The Labute approximate surface area is 213 Å². The molecule has 3 N–H and O–H groups in total. The van der Waals surface area contributed by atoms with Crippen LogP contribution in [0.1, 0.15) is 18.4 Å². The number of carbonyl (C=O) groups is 2. The van der Waals surface area contributed by atoms with Gasteiger partial charge in [-0.25, -0.2) is 12.8 Å². The highest BCUT2D eigenvalue weighted by Crippen LogP contribution is 2.23. The summed E-state index contributed by atoms with van der Waals surface area (Å²) in [7, 11) is -4.08. The number of carbonyl (C=O) groups excluding carboxylic acids is 1. The maximum atomic E-state index is 12.9. The third kappa shape index (κ3) is 8.01. The van der Waals surface area contributed by atoms with Gasteiger partial charge in [0, 0.05) is 17.6 Å². The number of rotatable bonds is 11. The highest BCUT2D eigenvalue weighted by molar-refractivity contribution is 7.89. The number of halogens is 2. The van der Waals surface area contributed by atoms with Crippen molar-refractivity contribution in [1.82, 2.24) is 10.0 Å². The van der Waals surface area contributed by atoms with E-state index in [0.717, 1.165) is 11.1 Å². The standard InChI is InChI=1S/C26H24ClFN2O5S/c27-21-10-6-19(7-11-21)20-8-14-23(15-9-20)36(34,35)30-24(26(32)33)2-1-17-29-25(31)16-5-18-3-12-22(28)13-4-18/h3-16,24,30H,1-2,17H2,(H,29,31)(H,32,33)/b16-5+/t24-/m0/s1. The molecule has 0 radical (unpaired) electrons. The number of aliphatic carboxylic acids is 1. The van der Waals surface area contributed by atoms with Crippen molar-refractivity contribution in [2.45, 2.75) is 23.8 Å². The molecular weight excluding hydrogens is 507 g/mol. The fraction of sp³-hybridized carbons (Fsp3) is 0.154. The Morgan fingerprint density at radius 2 is 1.53 bits per heavy atom. The topological polar surface area (TPSA) is 113 Å². The highest BCUT2D eigenvalue weighted by Gasteiger charge is 2.25. The first kappa shape index (κ1) is 27.1. The van der Waals surface area contributed by atoms with Gasteiger partial charge in [0.1, 0.15) is 11.9 Å². The van der Waals surface area contributed by atoms with E-state index in [1.54, 1.807) is 24.3 Å². The van der Waals surface area contributed by atoms with Crippen LogP contribution in [0.4, 0.5) is 4.39 Å². The number of carboxylic acid groups (broad SMARTS) is 1. The van der Waals surface area contributed by atoms with Crippen LogP contribution in [0.25, 0.3) is 17.2 Å². The SMILES string of the molecule is O=C(/C=C/c1ccc(F)cc1)NCCC[C@H](NS(=O)(=O)c1ccc(-c2ccc(Cl)cc2)cc1)C(=O)O. The number of carboxylic acids is 1. The zero-order valence-electron chi connectivity index (χ0n) is 19.0. The molecule has 188 valence electrons. The van der Waals surface area contributed by atoms with Crippen molar-refractivity contribution >= 4 is 39.6 Å². The van der Waals surface area contributed by atoms with E-state index in [4.69, 9.17) is 11.6 Å². The summed E-state index contributed by atoms with van der Waals surface area (Å²) in [6.45, 7) is 0.147. The molecule has 3 rings (SSSR count). The minimum Gasteiger partial charge on any atom is -0.480 e. The first-order chi connectivity index (χ1) is 17.1. The molecule has 0 unspecified atom stereocenters. The minimum absolute atomic E-state index is 0.0284. The lowest BCUT2D eigenvalue weighted by molar-refractivity contribution is -0.139. The van der Waals surface area contributed by atoms with Crippen molar-refractivity contribution in [3.05, 3.63) is 95.3 Å². The summed E-state index contributed by atoms with van der Waals surface area (Å²) in [5.74, 6) is -2.11. The van der Waals surface area contributed by atoms with Gasteiger partial charge < -0.3 is 10.4 Å². The average molecular weight is 531 g/mol. The van der Waals surface area contributed by atoms with Gasteiger partial charge in [-0.3, -0.25) is 9.59 Å². The maximum absolute atomic E-state index is 12.9. The summed E-state index contributed by atoms with van der Waals surface area (Å²) in [4.78, 5) is 23.5. The molecule has 0 spiro atoms. The Kier molecular flexibility index (Phi) is 9.35. The molecular formula is C26H24ClFN2O5S. The number of hydrogen-bond acceptors (Lipinski definition) is 4. The molecule has 0 bridgehead atoms. The second kappa shape index (κ2) is 12.4. The molecule has 0 aliphatic carbocycles. The van der Waals surface area contributed by atoms with Gasteiger partial charge in [0.25, 0.3) is 0 Å². The van der Waals surface area contributed by atoms with Crippen LogP contribution in [0.15, 0.2) is 83.8 Å². The van der Waals surface area contributed by atoms with Crippen LogP contribution in [0.5, 0.6) is 0 Å². The van der Waals surface area contributed by atoms with Crippen molar-refractivity contribution < 1.29 is 27.5 Å². The molecule has 1 atom stereocenters. The van der Waals surface area contributed by atoms with Crippen molar-refractivity contribution in [3.63, 3.8) is 0 Å². The summed E-state index contributed by atoms with van der Waals surface area (Å²) in [5.41, 5.74) is 2.28. The molecule has 0 aliphatic heterocycles. The van der Waals surface area contributed by atoms with Gasteiger partial charge in [0.15, 0.2) is 0 Å². The highest BCUT2D eigenvalue weighted by atomic mass is 35.5. The van der Waals surface area contributed by atoms with Crippen molar-refractivity contribution in [2.75, 3.05) is 6.54 Å². The second-order valence-corrected chi connectivity index (χ2v) is 10.0. The van der Waals surface area contributed by atoms with Crippen LogP contribution in [-0.4, -0.2) is 38.0 Å². The monoisotopic (exact) mass is 530 g/mol.